The lowest BCUT2D eigenvalue weighted by Gasteiger charge is -2.31. The monoisotopic (exact) mass is 539 g/mol. The number of hydrogen-bond donors (Lipinski definition) is 1. The first-order chi connectivity index (χ1) is 16.8. The van der Waals surface area contributed by atoms with Crippen LogP contribution in [0, 0.1) is 5.92 Å². The van der Waals surface area contributed by atoms with E-state index in [9.17, 15) is 13.2 Å². The van der Waals surface area contributed by atoms with Crippen molar-refractivity contribution in [2.24, 2.45) is 5.92 Å². The second-order valence-corrected chi connectivity index (χ2v) is 11.9. The van der Waals surface area contributed by atoms with E-state index in [0.29, 0.717) is 41.5 Å². The molecule has 2 aliphatic heterocycles. The summed E-state index contributed by atoms with van der Waals surface area (Å²) in [6, 6.07) is 13.1. The maximum atomic E-state index is 13.1. The number of nitrogens with one attached hydrogen (secondary N) is 1. The van der Waals surface area contributed by atoms with E-state index in [1.165, 1.54) is 9.87 Å². The second-order valence-electron chi connectivity index (χ2n) is 9.08. The van der Waals surface area contributed by atoms with E-state index in [0.717, 1.165) is 38.4 Å². The molecule has 2 aromatic carbocycles. The van der Waals surface area contributed by atoms with Gasteiger partial charge in [-0.2, -0.15) is 0 Å². The van der Waals surface area contributed by atoms with Gasteiger partial charge in [-0.15, -0.1) is 0 Å². The van der Waals surface area contributed by atoms with E-state index in [-0.39, 0.29) is 18.2 Å². The van der Waals surface area contributed by atoms with E-state index < -0.39 is 15.9 Å². The highest BCUT2D eigenvalue weighted by Gasteiger charge is 2.33. The Morgan fingerprint density at radius 2 is 1.71 bits per heavy atom. The third-order valence-corrected chi connectivity index (χ3v) is 8.98. The summed E-state index contributed by atoms with van der Waals surface area (Å²) in [6.07, 6.45) is 1.28. The Hall–Kier alpha value is -1.68. The quantitative estimate of drug-likeness (QED) is 0.553. The number of ether oxygens (including phenoxy) is 1. The molecule has 0 bridgehead atoms. The van der Waals surface area contributed by atoms with Crippen molar-refractivity contribution in [2.45, 2.75) is 31.7 Å². The highest BCUT2D eigenvalue weighted by atomic mass is 35.5. The maximum Gasteiger partial charge on any atom is 0.224 e. The molecule has 2 fully saturated rings. The summed E-state index contributed by atoms with van der Waals surface area (Å²) >= 11 is 12.4. The molecule has 2 aromatic rings. The Kier molecular flexibility index (Phi) is 9.07. The first kappa shape index (κ1) is 26.4. The summed E-state index contributed by atoms with van der Waals surface area (Å²) in [5, 5.41) is 3.65. The number of nitrogens with zero attached hydrogens (tertiary/aromatic N) is 2. The number of amides is 1. The number of halogens is 2. The predicted octanol–water partition coefficient (Wildman–Crippen LogP) is 3.68. The van der Waals surface area contributed by atoms with Gasteiger partial charge in [-0.05, 0) is 36.1 Å². The van der Waals surface area contributed by atoms with E-state index in [4.69, 9.17) is 27.9 Å². The Morgan fingerprint density at radius 1 is 1.03 bits per heavy atom. The Labute approximate surface area is 217 Å². The van der Waals surface area contributed by atoms with Crippen LogP contribution in [-0.2, 0) is 38.4 Å². The maximum absolute atomic E-state index is 13.1. The van der Waals surface area contributed by atoms with Crippen molar-refractivity contribution in [3.8, 4) is 0 Å². The van der Waals surface area contributed by atoms with Crippen LogP contribution in [0.15, 0.2) is 42.5 Å². The summed E-state index contributed by atoms with van der Waals surface area (Å²) in [7, 11) is -3.66. The highest BCUT2D eigenvalue weighted by Crippen LogP contribution is 2.29. The Morgan fingerprint density at radius 3 is 2.46 bits per heavy atom. The number of benzene rings is 2. The van der Waals surface area contributed by atoms with Gasteiger partial charge in [-0.3, -0.25) is 9.69 Å². The van der Waals surface area contributed by atoms with Gasteiger partial charge >= 0.3 is 0 Å². The average molecular weight is 541 g/mol. The minimum atomic E-state index is -3.66. The fourth-order valence-corrected chi connectivity index (χ4v) is 6.90. The van der Waals surface area contributed by atoms with Gasteiger partial charge in [0.15, 0.2) is 0 Å². The van der Waals surface area contributed by atoms with Gasteiger partial charge in [0.2, 0.25) is 15.9 Å². The normalized spacial score (nSPS) is 20.0. The van der Waals surface area contributed by atoms with Crippen LogP contribution in [0.3, 0.4) is 0 Å². The Bertz CT molecular complexity index is 1120. The van der Waals surface area contributed by atoms with E-state index in [2.05, 4.69) is 22.3 Å². The van der Waals surface area contributed by atoms with Crippen LogP contribution in [0.25, 0.3) is 0 Å². The van der Waals surface area contributed by atoms with E-state index in [1.807, 2.05) is 12.1 Å². The fraction of sp³-hybridized carbons (Fsp3) is 0.480. The third-order valence-electron chi connectivity index (χ3n) is 6.50. The van der Waals surface area contributed by atoms with Gasteiger partial charge in [0.25, 0.3) is 0 Å². The van der Waals surface area contributed by atoms with Crippen LogP contribution in [0.2, 0.25) is 10.0 Å². The number of carbonyl (C=O) groups is 1. The lowest BCUT2D eigenvalue weighted by atomic mass is 9.98. The minimum Gasteiger partial charge on any atom is -0.379 e. The summed E-state index contributed by atoms with van der Waals surface area (Å²) in [6.45, 7) is 5.18. The fourth-order valence-electron chi connectivity index (χ4n) is 4.54. The molecule has 4 rings (SSSR count). The molecule has 0 aliphatic carbocycles. The molecule has 0 saturated carbocycles. The summed E-state index contributed by atoms with van der Waals surface area (Å²) in [4.78, 5) is 15.3. The smallest absolute Gasteiger partial charge is 0.224 e. The molecule has 7 nitrogen and oxygen atoms in total. The lowest BCUT2D eigenvalue weighted by molar-refractivity contribution is -0.126. The molecule has 2 aliphatic rings. The molecular formula is C25H31Cl2N3O4S. The Balaban J connectivity index is 1.32. The molecular weight excluding hydrogens is 509 g/mol. The molecule has 1 N–H and O–H groups in total. The minimum absolute atomic E-state index is 0.126. The van der Waals surface area contributed by atoms with Crippen LogP contribution in [-0.4, -0.2) is 62.9 Å². The number of hydrogen-bond acceptors (Lipinski definition) is 5. The van der Waals surface area contributed by atoms with Crippen molar-refractivity contribution in [3.05, 3.63) is 69.2 Å². The van der Waals surface area contributed by atoms with Gasteiger partial charge in [0, 0.05) is 54.9 Å². The third kappa shape index (κ3) is 7.18. The van der Waals surface area contributed by atoms with Gasteiger partial charge in [-0.25, -0.2) is 12.7 Å². The molecule has 190 valence electrons. The summed E-state index contributed by atoms with van der Waals surface area (Å²) in [5.41, 5.74) is 2.61. The van der Waals surface area contributed by atoms with Gasteiger partial charge in [0.05, 0.1) is 24.9 Å². The molecule has 35 heavy (non-hydrogen) atoms. The zero-order valence-electron chi connectivity index (χ0n) is 19.6. The van der Waals surface area contributed by atoms with Crippen molar-refractivity contribution < 1.29 is 17.9 Å². The number of sulfonamides is 1. The predicted molar refractivity (Wildman–Crippen MR) is 138 cm³/mol. The molecule has 0 spiro atoms. The zero-order chi connectivity index (χ0) is 24.8. The number of carbonyl (C=O) groups excluding carboxylic acids is 1. The molecule has 2 saturated heterocycles. The van der Waals surface area contributed by atoms with Gasteiger partial charge < -0.3 is 10.1 Å². The van der Waals surface area contributed by atoms with E-state index >= 15 is 0 Å². The SMILES string of the molecule is O=C(NCc1cccc(CN2CCOCC2)c1)C1CCCN(S(=O)(=O)Cc2c(Cl)cccc2Cl)C1. The van der Waals surface area contributed by atoms with Crippen molar-refractivity contribution in [2.75, 3.05) is 39.4 Å². The van der Waals surface area contributed by atoms with Gasteiger partial charge in [0.1, 0.15) is 0 Å². The standard InChI is InChI=1S/C25H31Cl2N3O4S/c26-23-7-2-8-24(27)22(23)18-35(32,33)30-9-3-6-21(17-30)25(31)28-15-19-4-1-5-20(14-19)16-29-10-12-34-13-11-29/h1-2,4-5,7-8,14,21H,3,6,9-13,15-18H2,(H,28,31). The first-order valence-electron chi connectivity index (χ1n) is 11.9. The molecule has 0 aromatic heterocycles. The summed E-state index contributed by atoms with van der Waals surface area (Å²) < 4.78 is 32.9. The van der Waals surface area contributed by atoms with Crippen molar-refractivity contribution in [3.63, 3.8) is 0 Å². The number of rotatable bonds is 8. The van der Waals surface area contributed by atoms with Crippen molar-refractivity contribution in [1.82, 2.24) is 14.5 Å². The molecule has 10 heteroatoms. The molecule has 2 heterocycles. The largest absolute Gasteiger partial charge is 0.379 e. The average Bonchev–Trinajstić information content (AvgIpc) is 2.86. The van der Waals surface area contributed by atoms with Crippen LogP contribution < -0.4 is 5.32 Å². The van der Waals surface area contributed by atoms with Crippen LogP contribution in [0.1, 0.15) is 29.5 Å². The van der Waals surface area contributed by atoms with Crippen LogP contribution in [0.4, 0.5) is 0 Å². The van der Waals surface area contributed by atoms with E-state index in [1.54, 1.807) is 18.2 Å². The topological polar surface area (TPSA) is 79.0 Å². The van der Waals surface area contributed by atoms with Gasteiger partial charge in [-0.1, -0.05) is 53.5 Å². The number of piperidine rings is 1. The number of morpholine rings is 1. The van der Waals surface area contributed by atoms with Crippen molar-refractivity contribution >= 4 is 39.1 Å². The van der Waals surface area contributed by atoms with Crippen molar-refractivity contribution in [1.29, 1.82) is 0 Å². The summed E-state index contributed by atoms with van der Waals surface area (Å²) in [5.74, 6) is -0.800. The van der Waals surface area contributed by atoms with Crippen LogP contribution in [0.5, 0.6) is 0 Å². The zero-order valence-corrected chi connectivity index (χ0v) is 21.9. The first-order valence-corrected chi connectivity index (χ1v) is 14.2. The molecule has 0 radical (unpaired) electrons. The second kappa shape index (κ2) is 12.0. The molecule has 1 atom stereocenters. The lowest BCUT2D eigenvalue weighted by Crippen LogP contribution is -2.45. The van der Waals surface area contributed by atoms with Crippen LogP contribution >= 0.6 is 23.2 Å². The molecule has 1 unspecified atom stereocenters. The molecule has 1 amide bonds. The highest BCUT2D eigenvalue weighted by molar-refractivity contribution is 7.88.